The number of fused-ring (bicyclic) bond motifs is 1. The van der Waals surface area contributed by atoms with Gasteiger partial charge in [-0.25, -0.2) is 9.18 Å². The van der Waals surface area contributed by atoms with Crippen LogP contribution in [0.2, 0.25) is 5.02 Å². The highest BCUT2D eigenvalue weighted by molar-refractivity contribution is 6.31. The molecule has 6 heteroatoms. The standard InChI is InChI=1S/C18H13ClFNO3/c1-10-7-18(23)24-16-8-11(5-6-12(10)16)21-17(22)9-13-14(19)3-2-4-15(13)20/h2-8H,9H2,1H3,(H,21,22). The van der Waals surface area contributed by atoms with Crippen LogP contribution in [0.4, 0.5) is 10.1 Å². The summed E-state index contributed by atoms with van der Waals surface area (Å²) in [6.07, 6.45) is -0.193. The Kier molecular flexibility index (Phi) is 4.36. The first-order valence-corrected chi connectivity index (χ1v) is 7.59. The normalized spacial score (nSPS) is 10.8. The molecule has 4 nitrogen and oxygen atoms in total. The van der Waals surface area contributed by atoms with E-state index in [1.807, 2.05) is 0 Å². The quantitative estimate of drug-likeness (QED) is 0.728. The van der Waals surface area contributed by atoms with Gasteiger partial charge in [0.1, 0.15) is 11.4 Å². The molecular weight excluding hydrogens is 333 g/mol. The largest absolute Gasteiger partial charge is 0.423 e. The maximum atomic E-state index is 13.7. The fourth-order valence-electron chi connectivity index (χ4n) is 2.47. The predicted molar refractivity (Wildman–Crippen MR) is 91.0 cm³/mol. The van der Waals surface area contributed by atoms with Gasteiger partial charge in [-0.1, -0.05) is 17.7 Å². The van der Waals surface area contributed by atoms with E-state index in [9.17, 15) is 14.0 Å². The Morgan fingerprint density at radius 1 is 1.25 bits per heavy atom. The third-order valence-corrected chi connectivity index (χ3v) is 3.99. The molecule has 3 rings (SSSR count). The maximum absolute atomic E-state index is 13.7. The lowest BCUT2D eigenvalue weighted by molar-refractivity contribution is -0.115. The molecule has 1 heterocycles. The molecule has 0 saturated heterocycles. The first-order chi connectivity index (χ1) is 11.4. The van der Waals surface area contributed by atoms with Crippen molar-refractivity contribution in [3.8, 4) is 0 Å². The molecule has 122 valence electrons. The van der Waals surface area contributed by atoms with Crippen LogP contribution in [0.3, 0.4) is 0 Å². The minimum Gasteiger partial charge on any atom is -0.423 e. The molecule has 0 spiro atoms. The van der Waals surface area contributed by atoms with Crippen LogP contribution >= 0.6 is 11.6 Å². The molecule has 0 bridgehead atoms. The van der Waals surface area contributed by atoms with Gasteiger partial charge in [-0.3, -0.25) is 4.79 Å². The van der Waals surface area contributed by atoms with E-state index in [-0.39, 0.29) is 17.0 Å². The second-order valence-electron chi connectivity index (χ2n) is 5.38. The van der Waals surface area contributed by atoms with Gasteiger partial charge in [0.2, 0.25) is 5.91 Å². The Balaban J connectivity index is 1.84. The lowest BCUT2D eigenvalue weighted by atomic mass is 10.1. The Morgan fingerprint density at radius 2 is 2.04 bits per heavy atom. The maximum Gasteiger partial charge on any atom is 0.336 e. The fraction of sp³-hybridized carbons (Fsp3) is 0.111. The van der Waals surface area contributed by atoms with Crippen molar-refractivity contribution in [1.82, 2.24) is 0 Å². The topological polar surface area (TPSA) is 59.3 Å². The van der Waals surface area contributed by atoms with Gasteiger partial charge < -0.3 is 9.73 Å². The Morgan fingerprint density at radius 3 is 2.79 bits per heavy atom. The number of nitrogens with one attached hydrogen (secondary N) is 1. The number of hydrogen-bond donors (Lipinski definition) is 1. The summed E-state index contributed by atoms with van der Waals surface area (Å²) in [5, 5.41) is 3.63. The zero-order valence-electron chi connectivity index (χ0n) is 12.7. The van der Waals surface area contributed by atoms with E-state index in [2.05, 4.69) is 5.32 Å². The van der Waals surface area contributed by atoms with Crippen molar-refractivity contribution in [3.05, 3.63) is 74.9 Å². The van der Waals surface area contributed by atoms with Gasteiger partial charge in [0.15, 0.2) is 0 Å². The van der Waals surface area contributed by atoms with Crippen molar-refractivity contribution in [2.24, 2.45) is 0 Å². The molecule has 1 aromatic heterocycles. The molecule has 1 amide bonds. The Bertz CT molecular complexity index is 977. The second kappa shape index (κ2) is 6.45. The van der Waals surface area contributed by atoms with E-state index >= 15 is 0 Å². The highest BCUT2D eigenvalue weighted by Gasteiger charge is 2.12. The van der Waals surface area contributed by atoms with Crippen molar-refractivity contribution in [2.45, 2.75) is 13.3 Å². The summed E-state index contributed by atoms with van der Waals surface area (Å²) < 4.78 is 18.9. The predicted octanol–water partition coefficient (Wildman–Crippen LogP) is 4.08. The summed E-state index contributed by atoms with van der Waals surface area (Å²) in [7, 11) is 0. The van der Waals surface area contributed by atoms with Crippen LogP contribution in [-0.4, -0.2) is 5.91 Å². The van der Waals surface area contributed by atoms with E-state index in [0.29, 0.717) is 11.3 Å². The number of hydrogen-bond acceptors (Lipinski definition) is 3. The van der Waals surface area contributed by atoms with Crippen molar-refractivity contribution >= 4 is 34.2 Å². The van der Waals surface area contributed by atoms with E-state index in [0.717, 1.165) is 10.9 Å². The first-order valence-electron chi connectivity index (χ1n) is 7.21. The van der Waals surface area contributed by atoms with Crippen molar-refractivity contribution < 1.29 is 13.6 Å². The second-order valence-corrected chi connectivity index (χ2v) is 5.79. The smallest absolute Gasteiger partial charge is 0.336 e. The number of amides is 1. The summed E-state index contributed by atoms with van der Waals surface area (Å²) in [6.45, 7) is 1.80. The Hall–Kier alpha value is -2.66. The van der Waals surface area contributed by atoms with Crippen molar-refractivity contribution in [2.75, 3.05) is 5.32 Å². The van der Waals surface area contributed by atoms with E-state index in [4.69, 9.17) is 16.0 Å². The third-order valence-electron chi connectivity index (χ3n) is 3.63. The van der Waals surface area contributed by atoms with Gasteiger partial charge in [-0.2, -0.15) is 0 Å². The van der Waals surface area contributed by atoms with Gasteiger partial charge >= 0.3 is 5.63 Å². The summed E-state index contributed by atoms with van der Waals surface area (Å²) in [5.41, 5.74) is 1.30. The summed E-state index contributed by atoms with van der Waals surface area (Å²) in [5.74, 6) is -0.950. The average molecular weight is 346 g/mol. The van der Waals surface area contributed by atoms with Crippen LogP contribution in [0.5, 0.6) is 0 Å². The molecular formula is C18H13ClFNO3. The number of aryl methyl sites for hydroxylation is 1. The van der Waals surface area contributed by atoms with E-state index in [1.165, 1.54) is 24.3 Å². The fourth-order valence-corrected chi connectivity index (χ4v) is 2.70. The lowest BCUT2D eigenvalue weighted by Gasteiger charge is -2.08. The molecule has 0 aliphatic heterocycles. The van der Waals surface area contributed by atoms with Crippen LogP contribution < -0.4 is 10.9 Å². The number of carbonyl (C=O) groups excluding carboxylic acids is 1. The molecule has 24 heavy (non-hydrogen) atoms. The highest BCUT2D eigenvalue weighted by Crippen LogP contribution is 2.22. The molecule has 2 aromatic carbocycles. The third kappa shape index (κ3) is 3.31. The van der Waals surface area contributed by atoms with Gasteiger partial charge in [-0.15, -0.1) is 0 Å². The molecule has 3 aromatic rings. The number of halogens is 2. The highest BCUT2D eigenvalue weighted by atomic mass is 35.5. The Labute approximate surface area is 141 Å². The van der Waals surface area contributed by atoms with Crippen LogP contribution in [0.15, 0.2) is 51.7 Å². The van der Waals surface area contributed by atoms with E-state index < -0.39 is 17.3 Å². The molecule has 0 fully saturated rings. The van der Waals surface area contributed by atoms with Crippen LogP contribution in [0.25, 0.3) is 11.0 Å². The molecule has 0 saturated carbocycles. The minimum atomic E-state index is -0.530. The van der Waals surface area contributed by atoms with Crippen LogP contribution in [-0.2, 0) is 11.2 Å². The molecule has 0 unspecified atom stereocenters. The van der Waals surface area contributed by atoms with E-state index in [1.54, 1.807) is 25.1 Å². The van der Waals surface area contributed by atoms with Crippen molar-refractivity contribution in [1.29, 1.82) is 0 Å². The molecule has 1 N–H and O–H groups in total. The average Bonchev–Trinajstić information content (AvgIpc) is 2.50. The zero-order valence-corrected chi connectivity index (χ0v) is 13.5. The number of carbonyl (C=O) groups is 1. The number of rotatable bonds is 3. The van der Waals surface area contributed by atoms with Crippen molar-refractivity contribution in [3.63, 3.8) is 0 Å². The van der Waals surface area contributed by atoms with Gasteiger partial charge in [0.25, 0.3) is 0 Å². The molecule has 0 radical (unpaired) electrons. The lowest BCUT2D eigenvalue weighted by Crippen LogP contribution is -2.15. The SMILES string of the molecule is Cc1cc(=O)oc2cc(NC(=O)Cc3c(F)cccc3Cl)ccc12. The van der Waals surface area contributed by atoms with Gasteiger partial charge in [0.05, 0.1) is 6.42 Å². The zero-order chi connectivity index (χ0) is 17.3. The number of benzene rings is 2. The molecule has 0 aliphatic carbocycles. The molecule has 0 atom stereocenters. The van der Waals surface area contributed by atoms with Crippen LogP contribution in [0, 0.1) is 12.7 Å². The minimum absolute atomic E-state index is 0.139. The first kappa shape index (κ1) is 16.2. The summed E-state index contributed by atoms with van der Waals surface area (Å²) >= 11 is 5.92. The van der Waals surface area contributed by atoms with Crippen LogP contribution in [0.1, 0.15) is 11.1 Å². The molecule has 0 aliphatic rings. The summed E-state index contributed by atoms with van der Waals surface area (Å²) in [6, 6.07) is 10.7. The summed E-state index contributed by atoms with van der Waals surface area (Å²) in [4.78, 5) is 23.6. The number of anilines is 1. The van der Waals surface area contributed by atoms with Gasteiger partial charge in [0, 0.05) is 33.8 Å². The monoisotopic (exact) mass is 345 g/mol. The van der Waals surface area contributed by atoms with Gasteiger partial charge in [-0.05, 0) is 36.8 Å².